The van der Waals surface area contributed by atoms with Crippen LogP contribution in [-0.4, -0.2) is 43.5 Å². The van der Waals surface area contributed by atoms with E-state index in [0.29, 0.717) is 36.8 Å². The fraction of sp³-hybridized carbons (Fsp3) is 0.278. The summed E-state index contributed by atoms with van der Waals surface area (Å²) in [6.07, 6.45) is 1.60. The van der Waals surface area contributed by atoms with Crippen LogP contribution in [0.25, 0.3) is 0 Å². The van der Waals surface area contributed by atoms with Crippen molar-refractivity contribution in [2.45, 2.75) is 6.61 Å². The summed E-state index contributed by atoms with van der Waals surface area (Å²) in [5, 5.41) is 5.62. The van der Waals surface area contributed by atoms with Crippen LogP contribution < -0.4 is 15.5 Å². The van der Waals surface area contributed by atoms with Crippen molar-refractivity contribution < 1.29 is 14.3 Å². The number of benzene rings is 1. The van der Waals surface area contributed by atoms with Gasteiger partial charge in [-0.25, -0.2) is 4.98 Å². The number of aromatic nitrogens is 1. The van der Waals surface area contributed by atoms with E-state index in [4.69, 9.17) is 4.74 Å². The summed E-state index contributed by atoms with van der Waals surface area (Å²) in [5.41, 5.74) is 2.00. The normalized spacial score (nSPS) is 14.1. The molecule has 2 N–H and O–H groups in total. The number of rotatable bonds is 5. The summed E-state index contributed by atoms with van der Waals surface area (Å²) in [5.74, 6) is 0.493. The highest BCUT2D eigenvalue weighted by Gasteiger charge is 2.17. The van der Waals surface area contributed by atoms with Gasteiger partial charge in [-0.15, -0.1) is 0 Å². The molecule has 1 aliphatic rings. The molecule has 0 spiro atoms. The summed E-state index contributed by atoms with van der Waals surface area (Å²) in [7, 11) is 1.60. The maximum Gasteiger partial charge on any atom is 0.256 e. The van der Waals surface area contributed by atoms with E-state index in [1.807, 2.05) is 23.1 Å². The minimum atomic E-state index is -0.209. The Labute approximate surface area is 146 Å². The van der Waals surface area contributed by atoms with Gasteiger partial charge in [-0.1, -0.05) is 18.2 Å². The molecule has 0 aliphatic carbocycles. The van der Waals surface area contributed by atoms with Crippen molar-refractivity contribution in [1.82, 2.24) is 10.3 Å². The molecule has 0 bridgehead atoms. The molecule has 2 amide bonds. The first-order valence-corrected chi connectivity index (χ1v) is 8.03. The number of ether oxygens (including phenoxy) is 1. The second-order valence-corrected chi connectivity index (χ2v) is 5.72. The number of carbonyl (C=O) groups excluding carboxylic acids is 2. The van der Waals surface area contributed by atoms with Crippen LogP contribution >= 0.6 is 0 Å². The molecule has 1 fully saturated rings. The molecule has 1 aromatic heterocycles. The number of hydrogen-bond donors (Lipinski definition) is 2. The third-order valence-corrected chi connectivity index (χ3v) is 3.93. The molecular formula is C18H20N4O3. The third-order valence-electron chi connectivity index (χ3n) is 3.93. The molecule has 7 heteroatoms. The number of pyridine rings is 1. The average Bonchev–Trinajstić information content (AvgIpc) is 2.63. The van der Waals surface area contributed by atoms with Gasteiger partial charge in [-0.2, -0.15) is 0 Å². The molecule has 2 heterocycles. The zero-order valence-electron chi connectivity index (χ0n) is 14.0. The van der Waals surface area contributed by atoms with Crippen LogP contribution in [0.1, 0.15) is 15.9 Å². The summed E-state index contributed by atoms with van der Waals surface area (Å²) in [6, 6.07) is 10.9. The lowest BCUT2D eigenvalue weighted by molar-refractivity contribution is -0.120. The van der Waals surface area contributed by atoms with Crippen molar-refractivity contribution in [3.8, 4) is 0 Å². The second kappa shape index (κ2) is 7.76. The van der Waals surface area contributed by atoms with Gasteiger partial charge in [0.25, 0.3) is 5.91 Å². The summed E-state index contributed by atoms with van der Waals surface area (Å²) in [4.78, 5) is 30.2. The first-order chi connectivity index (χ1) is 12.2. The van der Waals surface area contributed by atoms with E-state index in [1.54, 1.807) is 31.5 Å². The van der Waals surface area contributed by atoms with Crippen molar-refractivity contribution in [3.63, 3.8) is 0 Å². The van der Waals surface area contributed by atoms with Crippen LogP contribution in [0.15, 0.2) is 42.6 Å². The lowest BCUT2D eigenvalue weighted by Crippen LogP contribution is -2.48. The highest BCUT2D eigenvalue weighted by Crippen LogP contribution is 2.17. The highest BCUT2D eigenvalue weighted by atomic mass is 16.5. The smallest absolute Gasteiger partial charge is 0.256 e. The Hall–Kier alpha value is -2.93. The zero-order chi connectivity index (χ0) is 17.6. The number of anilines is 2. The molecule has 0 unspecified atom stereocenters. The Balaban J connectivity index is 1.69. The van der Waals surface area contributed by atoms with E-state index in [0.717, 1.165) is 12.1 Å². The van der Waals surface area contributed by atoms with Crippen molar-refractivity contribution in [1.29, 1.82) is 0 Å². The Morgan fingerprint density at radius 1 is 1.32 bits per heavy atom. The average molecular weight is 340 g/mol. The minimum absolute atomic E-state index is 0.0137. The van der Waals surface area contributed by atoms with Gasteiger partial charge in [0.1, 0.15) is 5.82 Å². The van der Waals surface area contributed by atoms with Gasteiger partial charge in [-0.3, -0.25) is 9.59 Å². The fourth-order valence-electron chi connectivity index (χ4n) is 2.70. The predicted octanol–water partition coefficient (Wildman–Crippen LogP) is 1.42. The van der Waals surface area contributed by atoms with Crippen molar-refractivity contribution >= 4 is 23.3 Å². The Morgan fingerprint density at radius 2 is 2.16 bits per heavy atom. The Morgan fingerprint density at radius 3 is 2.88 bits per heavy atom. The Bertz CT molecular complexity index is 761. The summed E-state index contributed by atoms with van der Waals surface area (Å²) < 4.78 is 5.13. The van der Waals surface area contributed by atoms with Crippen LogP contribution in [0.4, 0.5) is 11.5 Å². The highest BCUT2D eigenvalue weighted by molar-refractivity contribution is 6.05. The van der Waals surface area contributed by atoms with E-state index >= 15 is 0 Å². The van der Waals surface area contributed by atoms with Crippen LogP contribution in [0.5, 0.6) is 0 Å². The van der Waals surface area contributed by atoms with E-state index < -0.39 is 0 Å². The van der Waals surface area contributed by atoms with E-state index in [2.05, 4.69) is 15.6 Å². The number of carbonyl (C=O) groups is 2. The Kier molecular flexibility index (Phi) is 5.25. The maximum atomic E-state index is 12.5. The molecule has 0 radical (unpaired) electrons. The molecule has 0 saturated carbocycles. The van der Waals surface area contributed by atoms with Gasteiger partial charge in [-0.05, 0) is 23.8 Å². The minimum Gasteiger partial charge on any atom is -0.380 e. The quantitative estimate of drug-likeness (QED) is 0.860. The zero-order valence-corrected chi connectivity index (χ0v) is 14.0. The van der Waals surface area contributed by atoms with Gasteiger partial charge >= 0.3 is 0 Å². The van der Waals surface area contributed by atoms with Gasteiger partial charge in [0.05, 0.1) is 25.0 Å². The molecule has 3 rings (SSSR count). The molecule has 2 aromatic rings. The standard InChI is InChI=1S/C18H20N4O3/c1-25-12-13-4-2-3-5-15(13)18(24)21-14-6-7-16(20-10-14)22-9-8-19-17(23)11-22/h2-7,10H,8-9,11-12H2,1H3,(H,19,23)(H,21,24). The second-order valence-electron chi connectivity index (χ2n) is 5.72. The molecule has 1 aromatic carbocycles. The lowest BCUT2D eigenvalue weighted by Gasteiger charge is -2.27. The number of piperazine rings is 1. The maximum absolute atomic E-state index is 12.5. The molecule has 1 saturated heterocycles. The van der Waals surface area contributed by atoms with E-state index in [9.17, 15) is 9.59 Å². The van der Waals surface area contributed by atoms with Crippen LogP contribution in [-0.2, 0) is 16.1 Å². The monoisotopic (exact) mass is 340 g/mol. The number of nitrogens with one attached hydrogen (secondary N) is 2. The fourth-order valence-corrected chi connectivity index (χ4v) is 2.70. The van der Waals surface area contributed by atoms with E-state index in [-0.39, 0.29) is 11.8 Å². The van der Waals surface area contributed by atoms with E-state index in [1.165, 1.54) is 0 Å². The predicted molar refractivity (Wildman–Crippen MR) is 94.6 cm³/mol. The van der Waals surface area contributed by atoms with Crippen molar-refractivity contribution in [2.24, 2.45) is 0 Å². The molecule has 0 atom stereocenters. The molecular weight excluding hydrogens is 320 g/mol. The molecule has 7 nitrogen and oxygen atoms in total. The number of hydrogen-bond acceptors (Lipinski definition) is 5. The van der Waals surface area contributed by atoms with Crippen molar-refractivity contribution in [3.05, 3.63) is 53.7 Å². The van der Waals surface area contributed by atoms with Crippen molar-refractivity contribution in [2.75, 3.05) is 37.0 Å². The lowest BCUT2D eigenvalue weighted by atomic mass is 10.1. The number of methoxy groups -OCH3 is 1. The molecule has 1 aliphatic heterocycles. The first-order valence-electron chi connectivity index (χ1n) is 8.03. The third kappa shape index (κ3) is 4.13. The number of nitrogens with zero attached hydrogens (tertiary/aromatic N) is 2. The van der Waals surface area contributed by atoms with Crippen LogP contribution in [0.3, 0.4) is 0 Å². The van der Waals surface area contributed by atoms with Crippen LogP contribution in [0.2, 0.25) is 0 Å². The van der Waals surface area contributed by atoms with Crippen LogP contribution in [0, 0.1) is 0 Å². The van der Waals surface area contributed by atoms with Gasteiger partial charge < -0.3 is 20.3 Å². The summed E-state index contributed by atoms with van der Waals surface area (Å²) in [6.45, 7) is 1.99. The largest absolute Gasteiger partial charge is 0.380 e. The summed E-state index contributed by atoms with van der Waals surface area (Å²) >= 11 is 0. The molecule has 130 valence electrons. The van der Waals surface area contributed by atoms with Gasteiger partial charge in [0, 0.05) is 25.8 Å². The van der Waals surface area contributed by atoms with Gasteiger partial charge in [0.15, 0.2) is 0 Å². The first kappa shape index (κ1) is 16.9. The topological polar surface area (TPSA) is 83.6 Å². The van der Waals surface area contributed by atoms with Gasteiger partial charge in [0.2, 0.25) is 5.91 Å². The SMILES string of the molecule is COCc1ccccc1C(=O)Nc1ccc(N2CCNC(=O)C2)nc1. The number of amides is 2. The molecule has 25 heavy (non-hydrogen) atoms.